The van der Waals surface area contributed by atoms with E-state index in [1.165, 1.54) is 50.1 Å². The Labute approximate surface area is 398 Å². The van der Waals surface area contributed by atoms with Gasteiger partial charge in [-0.2, -0.15) is 5.26 Å². The minimum atomic E-state index is 0.588. The Kier molecular flexibility index (Phi) is 12.6. The summed E-state index contributed by atoms with van der Waals surface area (Å²) in [5.41, 5.74) is 21.3. The zero-order chi connectivity index (χ0) is 46.1. The minimum absolute atomic E-state index is 0.588. The minimum Gasteiger partial charge on any atom is -0.259 e. The fourth-order valence-corrected chi connectivity index (χ4v) is 8.83. The number of hydrogen-bond donors (Lipinski definition) is 0. The molecule has 0 saturated heterocycles. The van der Waals surface area contributed by atoms with Crippen LogP contribution < -0.4 is 0 Å². The van der Waals surface area contributed by atoms with E-state index >= 15 is 0 Å². The molecule has 0 aliphatic heterocycles. The van der Waals surface area contributed by atoms with Gasteiger partial charge in [-0.25, -0.2) is 4.85 Å². The molecule has 3 heterocycles. The summed E-state index contributed by atoms with van der Waals surface area (Å²) in [5.74, 6) is 0. The van der Waals surface area contributed by atoms with Gasteiger partial charge >= 0.3 is 0 Å². The Balaban J connectivity index is 0.911. The molecule has 0 spiro atoms. The van der Waals surface area contributed by atoms with E-state index in [1.807, 2.05) is 24.4 Å². The van der Waals surface area contributed by atoms with Crippen molar-refractivity contribution >= 4 is 5.69 Å². The van der Waals surface area contributed by atoms with E-state index in [4.69, 9.17) is 11.6 Å². The number of hydrogen-bond acceptors (Lipinski definition) is 4. The van der Waals surface area contributed by atoms with Crippen LogP contribution in [-0.2, 0) is 25.7 Å². The van der Waals surface area contributed by atoms with Gasteiger partial charge < -0.3 is 0 Å². The highest BCUT2D eigenvalue weighted by molar-refractivity contribution is 5.85. The molecular formula is C63H45N5. The number of aryl methyl sites for hydroxylation is 4. The zero-order valence-corrected chi connectivity index (χ0v) is 37.4. The second kappa shape index (κ2) is 20.0. The van der Waals surface area contributed by atoms with E-state index in [-0.39, 0.29) is 0 Å². The molecule has 0 aliphatic rings. The number of benzene rings is 7. The maximum absolute atomic E-state index is 9.40. The zero-order valence-electron chi connectivity index (χ0n) is 37.4. The lowest BCUT2D eigenvalue weighted by Crippen LogP contribution is -1.98. The average Bonchev–Trinajstić information content (AvgIpc) is 3.42. The highest BCUT2D eigenvalue weighted by Gasteiger charge is 2.13. The summed E-state index contributed by atoms with van der Waals surface area (Å²) < 4.78 is 0. The van der Waals surface area contributed by atoms with E-state index < -0.39 is 0 Å². The van der Waals surface area contributed by atoms with Crippen molar-refractivity contribution < 1.29 is 0 Å². The Bertz CT molecular complexity index is 3310. The topological polar surface area (TPSA) is 66.8 Å². The molecule has 0 amide bonds. The quantitative estimate of drug-likeness (QED) is 0.108. The first-order chi connectivity index (χ1) is 33.5. The van der Waals surface area contributed by atoms with Gasteiger partial charge in [-0.1, -0.05) is 170 Å². The Morgan fingerprint density at radius 2 is 0.794 bits per heavy atom. The molecule has 5 heteroatoms. The van der Waals surface area contributed by atoms with Crippen molar-refractivity contribution in [2.45, 2.75) is 25.7 Å². The largest absolute Gasteiger partial charge is 0.259 e. The fourth-order valence-electron chi connectivity index (χ4n) is 8.83. The first-order valence-corrected chi connectivity index (χ1v) is 22.9. The van der Waals surface area contributed by atoms with Crippen molar-refractivity contribution in [2.24, 2.45) is 0 Å². The van der Waals surface area contributed by atoms with Crippen molar-refractivity contribution in [1.29, 1.82) is 5.26 Å². The Morgan fingerprint density at radius 3 is 1.38 bits per heavy atom. The molecule has 0 aliphatic carbocycles. The molecule has 0 fully saturated rings. The third-order valence-electron chi connectivity index (χ3n) is 12.5. The summed E-state index contributed by atoms with van der Waals surface area (Å²) in [5, 5.41) is 9.40. The molecule has 0 bridgehead atoms. The van der Waals surface area contributed by atoms with Gasteiger partial charge in [-0.15, -0.1) is 0 Å². The van der Waals surface area contributed by atoms with Crippen molar-refractivity contribution in [3.05, 3.63) is 264 Å². The van der Waals surface area contributed by atoms with Gasteiger partial charge in [-0.05, 0) is 134 Å². The van der Waals surface area contributed by atoms with Gasteiger partial charge in [0.25, 0.3) is 0 Å². The van der Waals surface area contributed by atoms with Crippen molar-refractivity contribution in [3.63, 3.8) is 0 Å². The van der Waals surface area contributed by atoms with E-state index in [0.29, 0.717) is 11.3 Å². The maximum Gasteiger partial charge on any atom is 0.190 e. The summed E-state index contributed by atoms with van der Waals surface area (Å²) >= 11 is 0. The Morgan fingerprint density at radius 1 is 0.353 bits per heavy atom. The van der Waals surface area contributed by atoms with Crippen LogP contribution in [0.25, 0.3) is 83.1 Å². The fraction of sp³-hybridized carbons (Fsp3) is 0.0635. The summed E-state index contributed by atoms with van der Waals surface area (Å²) in [6, 6.07) is 74.5. The van der Waals surface area contributed by atoms with Crippen LogP contribution in [0.1, 0.15) is 27.8 Å². The van der Waals surface area contributed by atoms with Crippen LogP contribution in [-0.4, -0.2) is 15.0 Å². The number of rotatable bonds is 13. The molecule has 0 radical (unpaired) electrons. The van der Waals surface area contributed by atoms with Gasteiger partial charge in [0.1, 0.15) is 0 Å². The van der Waals surface area contributed by atoms with Gasteiger partial charge in [0.05, 0.1) is 35.3 Å². The first-order valence-electron chi connectivity index (χ1n) is 22.9. The van der Waals surface area contributed by atoms with E-state index in [1.54, 1.807) is 24.5 Å². The lowest BCUT2D eigenvalue weighted by molar-refractivity contribution is 0.931. The van der Waals surface area contributed by atoms with E-state index in [2.05, 4.69) is 197 Å². The molecule has 3 aromatic heterocycles. The third-order valence-corrected chi connectivity index (χ3v) is 12.5. The monoisotopic (exact) mass is 871 g/mol. The van der Waals surface area contributed by atoms with Crippen molar-refractivity contribution in [3.8, 4) is 84.3 Å². The van der Waals surface area contributed by atoms with Gasteiger partial charge in [0.2, 0.25) is 0 Å². The summed E-state index contributed by atoms with van der Waals surface area (Å²) in [4.78, 5) is 17.4. The van der Waals surface area contributed by atoms with Crippen molar-refractivity contribution in [2.75, 3.05) is 0 Å². The predicted octanol–water partition coefficient (Wildman–Crippen LogP) is 15.5. The molecular weight excluding hydrogens is 827 g/mol. The van der Waals surface area contributed by atoms with Crippen LogP contribution in [0, 0.1) is 17.9 Å². The standard InChI is InChI=1S/C63H45N5/c1-65-58-33-36-68-63(42-58)54-21-17-45(18-22-54)12-14-47-37-46(13-11-44-15-19-53(20-16-44)61-40-48(43-64)31-34-66-61)38-57(39-47)60-10-6-5-9-59(60)52-27-29-55(30-28-52)62-41-56(32-35-67-62)51-25-23-50(24-26-51)49-7-3-2-4-8-49/h2-10,15-42H,11-14H2. The molecule has 7 aromatic carbocycles. The predicted molar refractivity (Wildman–Crippen MR) is 277 cm³/mol. The lowest BCUT2D eigenvalue weighted by Gasteiger charge is -2.15. The summed E-state index contributed by atoms with van der Waals surface area (Å²) in [6.45, 7) is 7.41. The number of pyridine rings is 3. The second-order valence-corrected chi connectivity index (χ2v) is 17.0. The smallest absolute Gasteiger partial charge is 0.190 e. The summed E-state index contributed by atoms with van der Waals surface area (Å²) in [6.07, 6.45) is 8.83. The molecule has 0 unspecified atom stereocenters. The van der Waals surface area contributed by atoms with Crippen LogP contribution in [0.5, 0.6) is 0 Å². The van der Waals surface area contributed by atoms with Crippen LogP contribution in [0.3, 0.4) is 0 Å². The Hall–Kier alpha value is -9.03. The second-order valence-electron chi connectivity index (χ2n) is 17.0. The number of nitriles is 1. The van der Waals surface area contributed by atoms with Gasteiger partial charge in [-0.3, -0.25) is 15.0 Å². The average molecular weight is 872 g/mol. The number of nitrogens with zero attached hydrogens (tertiary/aromatic N) is 5. The lowest BCUT2D eigenvalue weighted by atomic mass is 9.90. The molecule has 0 saturated carbocycles. The molecule has 0 N–H and O–H groups in total. The van der Waals surface area contributed by atoms with Crippen LogP contribution in [0.15, 0.2) is 225 Å². The normalized spacial score (nSPS) is 10.9. The first kappa shape index (κ1) is 42.9. The molecule has 10 rings (SSSR count). The van der Waals surface area contributed by atoms with Crippen LogP contribution in [0.4, 0.5) is 5.69 Å². The van der Waals surface area contributed by atoms with Crippen LogP contribution >= 0.6 is 0 Å². The molecule has 322 valence electrons. The highest BCUT2D eigenvalue weighted by atomic mass is 14.7. The van der Waals surface area contributed by atoms with E-state index in [9.17, 15) is 5.26 Å². The SMILES string of the molecule is [C-]#[N+]c1ccnc(-c2ccc(CCc3cc(CCc4ccc(-c5cc(C#N)ccn5)cc4)cc(-c4ccccc4-c4ccc(-c5cc(-c6ccc(-c7ccccc7)cc6)ccn5)cc4)c3)cc2)c1. The van der Waals surface area contributed by atoms with Crippen molar-refractivity contribution in [1.82, 2.24) is 15.0 Å². The van der Waals surface area contributed by atoms with Crippen LogP contribution in [0.2, 0.25) is 0 Å². The third kappa shape index (κ3) is 9.94. The van der Waals surface area contributed by atoms with E-state index in [0.717, 1.165) is 76.1 Å². The molecule has 5 nitrogen and oxygen atoms in total. The summed E-state index contributed by atoms with van der Waals surface area (Å²) in [7, 11) is 0. The highest BCUT2D eigenvalue weighted by Crippen LogP contribution is 2.36. The molecule has 10 aromatic rings. The maximum atomic E-state index is 9.40. The number of aromatic nitrogens is 3. The molecule has 68 heavy (non-hydrogen) atoms. The molecule has 0 atom stereocenters. The van der Waals surface area contributed by atoms with Gasteiger partial charge in [0.15, 0.2) is 5.69 Å². The van der Waals surface area contributed by atoms with Gasteiger partial charge in [0, 0.05) is 29.7 Å².